The third kappa shape index (κ3) is 3.51. The second kappa shape index (κ2) is 6.52. The SMILES string of the molecule is Cc1ccc(C)c(OCC(=O)Nc2nc3c(F)cc(F)cc3s2)c1. The van der Waals surface area contributed by atoms with Gasteiger partial charge < -0.3 is 4.74 Å². The van der Waals surface area contributed by atoms with Crippen molar-refractivity contribution in [3.63, 3.8) is 0 Å². The summed E-state index contributed by atoms with van der Waals surface area (Å²) in [6.45, 7) is 3.62. The third-order valence-corrected chi connectivity index (χ3v) is 4.28. The number of carbonyl (C=O) groups excluding carboxylic acids is 1. The molecule has 0 aliphatic heterocycles. The minimum Gasteiger partial charge on any atom is -0.483 e. The molecule has 0 aliphatic carbocycles. The van der Waals surface area contributed by atoms with Crippen LogP contribution < -0.4 is 10.1 Å². The maximum atomic E-state index is 13.6. The van der Waals surface area contributed by atoms with E-state index in [4.69, 9.17) is 4.74 Å². The van der Waals surface area contributed by atoms with Gasteiger partial charge in [0.15, 0.2) is 17.6 Å². The number of amides is 1. The lowest BCUT2D eigenvalue weighted by Gasteiger charge is -2.09. The predicted octanol–water partition coefficient (Wildman–Crippen LogP) is 4.21. The van der Waals surface area contributed by atoms with Crippen molar-refractivity contribution in [2.24, 2.45) is 0 Å². The molecule has 2 aromatic carbocycles. The number of nitrogens with one attached hydrogen (secondary N) is 1. The molecule has 0 bridgehead atoms. The number of anilines is 1. The molecule has 3 aromatic rings. The highest BCUT2D eigenvalue weighted by Gasteiger charge is 2.13. The molecule has 0 unspecified atom stereocenters. The number of thiazole rings is 1. The summed E-state index contributed by atoms with van der Waals surface area (Å²) in [5.41, 5.74) is 1.98. The van der Waals surface area contributed by atoms with Crippen LogP contribution in [-0.2, 0) is 4.79 Å². The number of fused-ring (bicyclic) bond motifs is 1. The summed E-state index contributed by atoms with van der Waals surface area (Å²) in [5.74, 6) is -1.23. The molecule has 0 spiro atoms. The van der Waals surface area contributed by atoms with Crippen LogP contribution in [0, 0.1) is 25.5 Å². The number of carbonyl (C=O) groups is 1. The molecule has 24 heavy (non-hydrogen) atoms. The lowest BCUT2D eigenvalue weighted by Crippen LogP contribution is -2.20. The number of aromatic nitrogens is 1. The highest BCUT2D eigenvalue weighted by atomic mass is 32.1. The van der Waals surface area contributed by atoms with Crippen LogP contribution in [0.25, 0.3) is 10.2 Å². The molecule has 1 aromatic heterocycles. The van der Waals surface area contributed by atoms with Gasteiger partial charge >= 0.3 is 0 Å². The Morgan fingerprint density at radius 3 is 2.83 bits per heavy atom. The minimum atomic E-state index is -0.756. The number of hydrogen-bond acceptors (Lipinski definition) is 4. The van der Waals surface area contributed by atoms with Gasteiger partial charge in [0.1, 0.15) is 17.1 Å². The van der Waals surface area contributed by atoms with Crippen LogP contribution in [0.5, 0.6) is 5.75 Å². The van der Waals surface area contributed by atoms with Gasteiger partial charge in [0.05, 0.1) is 4.70 Å². The molecule has 0 saturated heterocycles. The maximum Gasteiger partial charge on any atom is 0.264 e. The Balaban J connectivity index is 1.69. The zero-order valence-corrected chi connectivity index (χ0v) is 13.8. The fraction of sp³-hybridized carbons (Fsp3) is 0.176. The van der Waals surface area contributed by atoms with Crippen molar-refractivity contribution >= 4 is 32.6 Å². The van der Waals surface area contributed by atoms with Gasteiger partial charge in [0.25, 0.3) is 5.91 Å². The van der Waals surface area contributed by atoms with Crippen molar-refractivity contribution < 1.29 is 18.3 Å². The first-order valence-electron chi connectivity index (χ1n) is 7.18. The Labute approximate surface area is 141 Å². The van der Waals surface area contributed by atoms with E-state index in [1.165, 1.54) is 6.07 Å². The van der Waals surface area contributed by atoms with Gasteiger partial charge in [-0.1, -0.05) is 23.5 Å². The number of aryl methyl sites for hydroxylation is 2. The lowest BCUT2D eigenvalue weighted by atomic mass is 10.1. The molecular weight excluding hydrogens is 334 g/mol. The van der Waals surface area contributed by atoms with E-state index in [0.717, 1.165) is 28.5 Å². The first-order valence-corrected chi connectivity index (χ1v) is 7.99. The summed E-state index contributed by atoms with van der Waals surface area (Å²) in [5, 5.41) is 2.73. The third-order valence-electron chi connectivity index (χ3n) is 3.36. The molecule has 0 fully saturated rings. The van der Waals surface area contributed by atoms with Crippen molar-refractivity contribution in [1.29, 1.82) is 0 Å². The summed E-state index contributed by atoms with van der Waals surface area (Å²) in [6.07, 6.45) is 0. The average Bonchev–Trinajstić information content (AvgIpc) is 2.90. The number of halogens is 2. The second-order valence-electron chi connectivity index (χ2n) is 5.36. The van der Waals surface area contributed by atoms with Gasteiger partial charge in [-0.3, -0.25) is 10.1 Å². The molecule has 0 saturated carbocycles. The standard InChI is InChI=1S/C17H14F2N2O2S/c1-9-3-4-10(2)13(5-9)23-8-15(22)20-17-21-16-12(19)6-11(18)7-14(16)24-17/h3-7H,8H2,1-2H3,(H,20,21,22). The Morgan fingerprint density at radius 1 is 1.25 bits per heavy atom. The van der Waals surface area contributed by atoms with Crippen LogP contribution in [0.15, 0.2) is 30.3 Å². The number of benzene rings is 2. The van der Waals surface area contributed by atoms with Crippen molar-refractivity contribution in [1.82, 2.24) is 4.98 Å². The fourth-order valence-corrected chi connectivity index (χ4v) is 3.09. The van der Waals surface area contributed by atoms with E-state index in [-0.39, 0.29) is 17.3 Å². The van der Waals surface area contributed by atoms with Gasteiger partial charge in [-0.2, -0.15) is 0 Å². The minimum absolute atomic E-state index is 0.0344. The van der Waals surface area contributed by atoms with Gasteiger partial charge in [-0.15, -0.1) is 0 Å². The lowest BCUT2D eigenvalue weighted by molar-refractivity contribution is -0.118. The normalized spacial score (nSPS) is 10.8. The maximum absolute atomic E-state index is 13.6. The molecule has 3 rings (SSSR count). The Hall–Kier alpha value is -2.54. The van der Waals surface area contributed by atoms with Crippen LogP contribution in [0.3, 0.4) is 0 Å². The molecule has 1 heterocycles. The van der Waals surface area contributed by atoms with Crippen LogP contribution in [0.2, 0.25) is 0 Å². The van der Waals surface area contributed by atoms with Gasteiger partial charge in [-0.25, -0.2) is 13.8 Å². The van der Waals surface area contributed by atoms with Crippen molar-refractivity contribution in [2.45, 2.75) is 13.8 Å². The summed E-state index contributed by atoms with van der Waals surface area (Å²) < 4.78 is 32.6. The Morgan fingerprint density at radius 2 is 2.04 bits per heavy atom. The molecular formula is C17H14F2N2O2S. The van der Waals surface area contributed by atoms with Gasteiger partial charge in [0.2, 0.25) is 0 Å². The van der Waals surface area contributed by atoms with E-state index in [1.807, 2.05) is 32.0 Å². The van der Waals surface area contributed by atoms with Crippen LogP contribution in [0.1, 0.15) is 11.1 Å². The van der Waals surface area contributed by atoms with Gasteiger partial charge in [-0.05, 0) is 37.1 Å². The highest BCUT2D eigenvalue weighted by molar-refractivity contribution is 7.22. The van der Waals surface area contributed by atoms with E-state index >= 15 is 0 Å². The Kier molecular flexibility index (Phi) is 4.44. The number of rotatable bonds is 4. The second-order valence-corrected chi connectivity index (χ2v) is 6.39. The molecule has 4 nitrogen and oxygen atoms in total. The first kappa shape index (κ1) is 16.3. The zero-order valence-electron chi connectivity index (χ0n) is 13.0. The molecule has 1 amide bonds. The van der Waals surface area contributed by atoms with E-state index in [0.29, 0.717) is 10.4 Å². The zero-order chi connectivity index (χ0) is 17.3. The van der Waals surface area contributed by atoms with Crippen molar-refractivity contribution in [2.75, 3.05) is 11.9 Å². The fourth-order valence-electron chi connectivity index (χ4n) is 2.17. The molecule has 0 atom stereocenters. The number of ether oxygens (including phenoxy) is 1. The number of hydrogen-bond donors (Lipinski definition) is 1. The monoisotopic (exact) mass is 348 g/mol. The molecule has 124 valence electrons. The Bertz CT molecular complexity index is 924. The van der Waals surface area contributed by atoms with Crippen LogP contribution >= 0.6 is 11.3 Å². The molecule has 0 aliphatic rings. The van der Waals surface area contributed by atoms with Crippen LogP contribution in [0.4, 0.5) is 13.9 Å². The van der Waals surface area contributed by atoms with Crippen LogP contribution in [-0.4, -0.2) is 17.5 Å². The quantitative estimate of drug-likeness (QED) is 0.768. The smallest absolute Gasteiger partial charge is 0.264 e. The molecule has 0 radical (unpaired) electrons. The highest BCUT2D eigenvalue weighted by Crippen LogP contribution is 2.28. The summed E-state index contributed by atoms with van der Waals surface area (Å²) in [4.78, 5) is 15.9. The largest absolute Gasteiger partial charge is 0.483 e. The topological polar surface area (TPSA) is 51.2 Å². The summed E-state index contributed by atoms with van der Waals surface area (Å²) in [6, 6.07) is 7.65. The van der Waals surface area contributed by atoms with E-state index in [9.17, 15) is 13.6 Å². The van der Waals surface area contributed by atoms with E-state index < -0.39 is 17.5 Å². The predicted molar refractivity (Wildman–Crippen MR) is 89.6 cm³/mol. The van der Waals surface area contributed by atoms with E-state index in [2.05, 4.69) is 10.3 Å². The molecule has 1 N–H and O–H groups in total. The number of nitrogens with zero attached hydrogens (tertiary/aromatic N) is 1. The summed E-state index contributed by atoms with van der Waals surface area (Å²) in [7, 11) is 0. The average molecular weight is 348 g/mol. The van der Waals surface area contributed by atoms with Crippen molar-refractivity contribution in [3.8, 4) is 5.75 Å². The first-order chi connectivity index (χ1) is 11.4. The summed E-state index contributed by atoms with van der Waals surface area (Å²) >= 11 is 1.00. The van der Waals surface area contributed by atoms with Crippen molar-refractivity contribution in [3.05, 3.63) is 53.1 Å². The molecule has 7 heteroatoms. The van der Waals surface area contributed by atoms with Gasteiger partial charge in [0, 0.05) is 6.07 Å². The van der Waals surface area contributed by atoms with E-state index in [1.54, 1.807) is 0 Å².